The van der Waals surface area contributed by atoms with Crippen LogP contribution in [0.5, 0.6) is 11.5 Å². The van der Waals surface area contributed by atoms with Crippen LogP contribution in [0.25, 0.3) is 0 Å². The Labute approximate surface area is 80.2 Å². The lowest BCUT2D eigenvalue weighted by atomic mass is 10.3. The third-order valence-electron chi connectivity index (χ3n) is 1.60. The van der Waals surface area contributed by atoms with Crippen molar-refractivity contribution in [2.75, 3.05) is 0 Å². The third kappa shape index (κ3) is 1.85. The molecule has 0 bridgehead atoms. The maximum atomic E-state index is 13.1. The SMILES string of the molecule is Fc1ccccc1Oc1cncnc1. The van der Waals surface area contributed by atoms with E-state index < -0.39 is 5.82 Å². The molecule has 2 aromatic rings. The molecular formula is C10H7FN2O. The number of hydrogen-bond acceptors (Lipinski definition) is 3. The molecule has 0 aliphatic carbocycles. The van der Waals surface area contributed by atoms with E-state index >= 15 is 0 Å². The van der Waals surface area contributed by atoms with Crippen LogP contribution in [0, 0.1) is 5.82 Å². The standard InChI is InChI=1S/C10H7FN2O/c11-9-3-1-2-4-10(9)14-8-5-12-7-13-6-8/h1-7H. The van der Waals surface area contributed by atoms with E-state index in [1.807, 2.05) is 0 Å². The van der Waals surface area contributed by atoms with Crippen molar-refractivity contribution in [3.8, 4) is 11.5 Å². The second kappa shape index (κ2) is 3.83. The van der Waals surface area contributed by atoms with Gasteiger partial charge in [-0.05, 0) is 12.1 Å². The van der Waals surface area contributed by atoms with E-state index in [9.17, 15) is 4.39 Å². The highest BCUT2D eigenvalue weighted by atomic mass is 19.1. The van der Waals surface area contributed by atoms with Crippen LogP contribution < -0.4 is 4.74 Å². The van der Waals surface area contributed by atoms with Gasteiger partial charge in [0.15, 0.2) is 17.3 Å². The first-order chi connectivity index (χ1) is 6.86. The molecule has 0 amide bonds. The van der Waals surface area contributed by atoms with Crippen LogP contribution in [0.1, 0.15) is 0 Å². The van der Waals surface area contributed by atoms with Gasteiger partial charge < -0.3 is 4.74 Å². The van der Waals surface area contributed by atoms with Crippen LogP contribution in [-0.2, 0) is 0 Å². The smallest absolute Gasteiger partial charge is 0.165 e. The molecule has 70 valence electrons. The summed E-state index contributed by atoms with van der Waals surface area (Å²) in [5, 5.41) is 0. The monoisotopic (exact) mass is 190 g/mol. The first kappa shape index (κ1) is 8.62. The van der Waals surface area contributed by atoms with Gasteiger partial charge in [0.05, 0.1) is 12.4 Å². The molecule has 3 nitrogen and oxygen atoms in total. The van der Waals surface area contributed by atoms with E-state index in [0.29, 0.717) is 5.75 Å². The number of halogens is 1. The van der Waals surface area contributed by atoms with Crippen molar-refractivity contribution >= 4 is 0 Å². The summed E-state index contributed by atoms with van der Waals surface area (Å²) in [7, 11) is 0. The van der Waals surface area contributed by atoms with Gasteiger partial charge in [0.2, 0.25) is 0 Å². The van der Waals surface area contributed by atoms with Crippen molar-refractivity contribution < 1.29 is 9.13 Å². The summed E-state index contributed by atoms with van der Waals surface area (Å²) in [6, 6.07) is 6.17. The van der Waals surface area contributed by atoms with E-state index in [4.69, 9.17) is 4.74 Å². The largest absolute Gasteiger partial charge is 0.451 e. The predicted molar refractivity (Wildman–Crippen MR) is 48.5 cm³/mol. The minimum absolute atomic E-state index is 0.169. The molecule has 0 aliphatic heterocycles. The molecule has 1 heterocycles. The Balaban J connectivity index is 2.24. The second-order valence-corrected chi connectivity index (χ2v) is 2.61. The average Bonchev–Trinajstić information content (AvgIpc) is 2.23. The molecule has 14 heavy (non-hydrogen) atoms. The minimum Gasteiger partial charge on any atom is -0.451 e. The Bertz CT molecular complexity index is 419. The molecule has 0 spiro atoms. The van der Waals surface area contributed by atoms with E-state index in [-0.39, 0.29) is 5.75 Å². The van der Waals surface area contributed by atoms with Gasteiger partial charge in [0, 0.05) is 0 Å². The molecule has 2 rings (SSSR count). The molecule has 0 unspecified atom stereocenters. The van der Waals surface area contributed by atoms with Crippen LogP contribution in [0.2, 0.25) is 0 Å². The summed E-state index contributed by atoms with van der Waals surface area (Å²) < 4.78 is 18.3. The van der Waals surface area contributed by atoms with Gasteiger partial charge >= 0.3 is 0 Å². The fraction of sp³-hybridized carbons (Fsp3) is 0. The van der Waals surface area contributed by atoms with E-state index in [1.165, 1.54) is 24.8 Å². The lowest BCUT2D eigenvalue weighted by molar-refractivity contribution is 0.438. The van der Waals surface area contributed by atoms with Crippen LogP contribution in [0.15, 0.2) is 43.0 Å². The van der Waals surface area contributed by atoms with E-state index in [0.717, 1.165) is 0 Å². The summed E-state index contributed by atoms with van der Waals surface area (Å²) in [6.07, 6.45) is 4.33. The summed E-state index contributed by atoms with van der Waals surface area (Å²) in [5.41, 5.74) is 0. The lowest BCUT2D eigenvalue weighted by Crippen LogP contribution is -1.88. The minimum atomic E-state index is -0.406. The highest BCUT2D eigenvalue weighted by Gasteiger charge is 2.02. The number of para-hydroxylation sites is 1. The van der Waals surface area contributed by atoms with Crippen molar-refractivity contribution in [1.29, 1.82) is 0 Å². The van der Waals surface area contributed by atoms with Crippen LogP contribution in [0.3, 0.4) is 0 Å². The van der Waals surface area contributed by atoms with Crippen LogP contribution >= 0.6 is 0 Å². The number of nitrogens with zero attached hydrogens (tertiary/aromatic N) is 2. The maximum absolute atomic E-state index is 13.1. The fourth-order valence-electron chi connectivity index (χ4n) is 0.993. The van der Waals surface area contributed by atoms with E-state index in [1.54, 1.807) is 18.2 Å². The van der Waals surface area contributed by atoms with Crippen molar-refractivity contribution in [3.05, 3.63) is 48.8 Å². The molecule has 0 N–H and O–H groups in total. The number of hydrogen-bond donors (Lipinski definition) is 0. The molecule has 1 aromatic heterocycles. The second-order valence-electron chi connectivity index (χ2n) is 2.61. The number of aromatic nitrogens is 2. The fourth-order valence-corrected chi connectivity index (χ4v) is 0.993. The van der Waals surface area contributed by atoms with Crippen molar-refractivity contribution in [2.45, 2.75) is 0 Å². The zero-order chi connectivity index (χ0) is 9.80. The average molecular weight is 190 g/mol. The van der Waals surface area contributed by atoms with Crippen LogP contribution in [0.4, 0.5) is 4.39 Å². The van der Waals surface area contributed by atoms with Gasteiger partial charge in [0.1, 0.15) is 6.33 Å². The molecule has 0 atom stereocenters. The van der Waals surface area contributed by atoms with Gasteiger partial charge in [0.25, 0.3) is 0 Å². The van der Waals surface area contributed by atoms with Crippen molar-refractivity contribution in [1.82, 2.24) is 9.97 Å². The number of benzene rings is 1. The Morgan fingerprint density at radius 2 is 1.79 bits per heavy atom. The summed E-state index contributed by atoms with van der Waals surface area (Å²) in [4.78, 5) is 7.50. The van der Waals surface area contributed by atoms with Gasteiger partial charge in [-0.3, -0.25) is 0 Å². The molecule has 4 heteroatoms. The summed E-state index contributed by atoms with van der Waals surface area (Å²) in [5.74, 6) is 0.177. The zero-order valence-corrected chi connectivity index (χ0v) is 7.22. The third-order valence-corrected chi connectivity index (χ3v) is 1.60. The van der Waals surface area contributed by atoms with Crippen molar-refractivity contribution in [2.24, 2.45) is 0 Å². The molecule has 0 aliphatic rings. The molecule has 1 aromatic carbocycles. The van der Waals surface area contributed by atoms with Gasteiger partial charge in [-0.15, -0.1) is 0 Å². The Hall–Kier alpha value is -1.97. The van der Waals surface area contributed by atoms with Crippen LogP contribution in [-0.4, -0.2) is 9.97 Å². The summed E-state index contributed by atoms with van der Waals surface area (Å²) in [6.45, 7) is 0. The molecule has 0 radical (unpaired) electrons. The first-order valence-corrected chi connectivity index (χ1v) is 4.03. The Kier molecular flexibility index (Phi) is 2.36. The molecular weight excluding hydrogens is 183 g/mol. The van der Waals surface area contributed by atoms with E-state index in [2.05, 4.69) is 9.97 Å². The normalized spacial score (nSPS) is 9.79. The number of rotatable bonds is 2. The van der Waals surface area contributed by atoms with Crippen molar-refractivity contribution in [3.63, 3.8) is 0 Å². The maximum Gasteiger partial charge on any atom is 0.165 e. The summed E-state index contributed by atoms with van der Waals surface area (Å²) >= 11 is 0. The predicted octanol–water partition coefficient (Wildman–Crippen LogP) is 2.41. The van der Waals surface area contributed by atoms with Gasteiger partial charge in [-0.2, -0.15) is 0 Å². The first-order valence-electron chi connectivity index (χ1n) is 4.03. The highest BCUT2D eigenvalue weighted by Crippen LogP contribution is 2.21. The lowest BCUT2D eigenvalue weighted by Gasteiger charge is -2.04. The Morgan fingerprint density at radius 1 is 1.07 bits per heavy atom. The topological polar surface area (TPSA) is 35.0 Å². The van der Waals surface area contributed by atoms with Gasteiger partial charge in [-0.25, -0.2) is 14.4 Å². The number of ether oxygens (including phenoxy) is 1. The molecule has 0 saturated carbocycles. The Morgan fingerprint density at radius 3 is 2.50 bits per heavy atom. The molecule has 0 fully saturated rings. The quantitative estimate of drug-likeness (QED) is 0.729. The van der Waals surface area contributed by atoms with Gasteiger partial charge in [-0.1, -0.05) is 12.1 Å². The zero-order valence-electron chi connectivity index (χ0n) is 7.22. The highest BCUT2D eigenvalue weighted by molar-refractivity contribution is 5.28. The molecule has 0 saturated heterocycles.